The average Bonchev–Trinajstić information content (AvgIpc) is 2.60. The largest absolute Gasteiger partial charge is 0.396 e. The van der Waals surface area contributed by atoms with Crippen molar-refractivity contribution < 1.29 is 0 Å². The molecule has 5 heteroatoms. The molecule has 0 aliphatic carbocycles. The van der Waals surface area contributed by atoms with Crippen molar-refractivity contribution >= 4 is 5.69 Å². The van der Waals surface area contributed by atoms with Gasteiger partial charge in [0.1, 0.15) is 0 Å². The summed E-state index contributed by atoms with van der Waals surface area (Å²) < 4.78 is 1.70. The second-order valence-electron chi connectivity index (χ2n) is 3.29. The lowest BCUT2D eigenvalue weighted by Gasteiger charge is -2.04. The van der Waals surface area contributed by atoms with Crippen molar-refractivity contribution in [3.8, 4) is 5.82 Å². The van der Waals surface area contributed by atoms with Crippen molar-refractivity contribution in [2.45, 2.75) is 13.5 Å². The number of nitrogens with two attached hydrogens (primary N) is 2. The molecule has 4 N–H and O–H groups in total. The van der Waals surface area contributed by atoms with E-state index in [0.29, 0.717) is 12.2 Å². The Morgan fingerprint density at radius 2 is 2.20 bits per heavy atom. The lowest BCUT2D eigenvalue weighted by Crippen LogP contribution is -2.06. The van der Waals surface area contributed by atoms with Gasteiger partial charge in [-0.3, -0.25) is 0 Å². The number of aromatic nitrogens is 3. The number of hydrogen-bond donors (Lipinski definition) is 2. The van der Waals surface area contributed by atoms with E-state index in [1.807, 2.05) is 25.1 Å². The molecule has 2 heterocycles. The zero-order valence-corrected chi connectivity index (χ0v) is 8.51. The molecule has 0 bridgehead atoms. The molecule has 0 fully saturated rings. The molecule has 0 unspecified atom stereocenters. The van der Waals surface area contributed by atoms with Crippen molar-refractivity contribution in [3.05, 3.63) is 35.8 Å². The van der Waals surface area contributed by atoms with Gasteiger partial charge in [0.05, 0.1) is 23.3 Å². The Morgan fingerprint density at radius 1 is 1.40 bits per heavy atom. The van der Waals surface area contributed by atoms with Gasteiger partial charge in [0, 0.05) is 6.54 Å². The van der Waals surface area contributed by atoms with E-state index in [0.717, 1.165) is 17.2 Å². The van der Waals surface area contributed by atoms with Crippen LogP contribution < -0.4 is 11.5 Å². The van der Waals surface area contributed by atoms with E-state index < -0.39 is 0 Å². The average molecular weight is 203 g/mol. The number of nitrogens with zero attached hydrogens (tertiary/aromatic N) is 3. The van der Waals surface area contributed by atoms with E-state index in [9.17, 15) is 0 Å². The second-order valence-corrected chi connectivity index (χ2v) is 3.29. The normalized spacial score (nSPS) is 10.5. The number of nitrogen functional groups attached to an aromatic ring is 1. The smallest absolute Gasteiger partial charge is 0.154 e. The van der Waals surface area contributed by atoms with Gasteiger partial charge in [-0.1, -0.05) is 6.07 Å². The Balaban J connectivity index is 2.49. The molecule has 2 rings (SSSR count). The van der Waals surface area contributed by atoms with Gasteiger partial charge < -0.3 is 11.5 Å². The Bertz CT molecular complexity index is 474. The van der Waals surface area contributed by atoms with Crippen LogP contribution in [0.3, 0.4) is 0 Å². The maximum Gasteiger partial charge on any atom is 0.154 e. The van der Waals surface area contributed by atoms with Crippen LogP contribution in [0.5, 0.6) is 0 Å². The lowest BCUT2D eigenvalue weighted by molar-refractivity contribution is 0.804. The Morgan fingerprint density at radius 3 is 2.80 bits per heavy atom. The van der Waals surface area contributed by atoms with Gasteiger partial charge in [0.25, 0.3) is 0 Å². The third kappa shape index (κ3) is 1.69. The first kappa shape index (κ1) is 9.67. The Hall–Kier alpha value is -1.88. The zero-order valence-electron chi connectivity index (χ0n) is 8.51. The van der Waals surface area contributed by atoms with Crippen LogP contribution in [0.2, 0.25) is 0 Å². The third-order valence-electron chi connectivity index (χ3n) is 2.27. The van der Waals surface area contributed by atoms with E-state index in [1.54, 1.807) is 10.9 Å². The molecule has 2 aromatic heterocycles. The summed E-state index contributed by atoms with van der Waals surface area (Å²) in [7, 11) is 0. The highest BCUT2D eigenvalue weighted by Crippen LogP contribution is 2.13. The summed E-state index contributed by atoms with van der Waals surface area (Å²) in [6.45, 7) is 2.32. The summed E-state index contributed by atoms with van der Waals surface area (Å²) in [6, 6.07) is 5.66. The summed E-state index contributed by atoms with van der Waals surface area (Å²) in [4.78, 5) is 4.36. The molecule has 0 spiro atoms. The fourth-order valence-corrected chi connectivity index (χ4v) is 1.35. The van der Waals surface area contributed by atoms with Gasteiger partial charge in [0.15, 0.2) is 5.82 Å². The molecular formula is C10H13N5. The Kier molecular flexibility index (Phi) is 2.39. The highest BCUT2D eigenvalue weighted by Gasteiger charge is 2.06. The second kappa shape index (κ2) is 3.70. The molecule has 0 amide bonds. The van der Waals surface area contributed by atoms with Crippen molar-refractivity contribution in [1.29, 1.82) is 0 Å². The van der Waals surface area contributed by atoms with Crippen LogP contribution >= 0.6 is 0 Å². The minimum atomic E-state index is 0.420. The van der Waals surface area contributed by atoms with Crippen LogP contribution in [-0.2, 0) is 6.54 Å². The van der Waals surface area contributed by atoms with Gasteiger partial charge in [-0.2, -0.15) is 5.10 Å². The predicted octanol–water partition coefficient (Wildman–Crippen LogP) is 0.617. The number of rotatable bonds is 2. The van der Waals surface area contributed by atoms with Gasteiger partial charge in [0.2, 0.25) is 0 Å². The van der Waals surface area contributed by atoms with Gasteiger partial charge >= 0.3 is 0 Å². The van der Waals surface area contributed by atoms with Crippen molar-refractivity contribution in [1.82, 2.24) is 14.8 Å². The van der Waals surface area contributed by atoms with E-state index in [4.69, 9.17) is 11.5 Å². The van der Waals surface area contributed by atoms with Crippen molar-refractivity contribution in [3.63, 3.8) is 0 Å². The van der Waals surface area contributed by atoms with E-state index in [1.165, 1.54) is 0 Å². The van der Waals surface area contributed by atoms with Crippen LogP contribution in [-0.4, -0.2) is 14.8 Å². The summed E-state index contributed by atoms with van der Waals surface area (Å²) in [5.41, 5.74) is 13.6. The summed E-state index contributed by atoms with van der Waals surface area (Å²) >= 11 is 0. The maximum atomic E-state index is 5.71. The SMILES string of the molecule is Cc1c(N)cnn1-c1cccc(CN)n1. The first-order valence-electron chi connectivity index (χ1n) is 4.69. The molecule has 0 saturated heterocycles. The first-order chi connectivity index (χ1) is 7.22. The topological polar surface area (TPSA) is 82.8 Å². The van der Waals surface area contributed by atoms with Gasteiger partial charge in [-0.05, 0) is 19.1 Å². The highest BCUT2D eigenvalue weighted by atomic mass is 15.3. The minimum absolute atomic E-state index is 0.420. The molecule has 0 atom stereocenters. The molecular weight excluding hydrogens is 190 g/mol. The van der Waals surface area contributed by atoms with Crippen molar-refractivity contribution in [2.75, 3.05) is 5.73 Å². The van der Waals surface area contributed by atoms with Crippen LogP contribution in [0.1, 0.15) is 11.4 Å². The number of pyridine rings is 1. The molecule has 15 heavy (non-hydrogen) atoms. The van der Waals surface area contributed by atoms with E-state index >= 15 is 0 Å². The molecule has 0 saturated carbocycles. The highest BCUT2D eigenvalue weighted by molar-refractivity contribution is 5.43. The van der Waals surface area contributed by atoms with Crippen LogP contribution in [0.4, 0.5) is 5.69 Å². The molecule has 0 aliphatic rings. The van der Waals surface area contributed by atoms with Gasteiger partial charge in [-0.15, -0.1) is 0 Å². The fourth-order valence-electron chi connectivity index (χ4n) is 1.35. The summed E-state index contributed by atoms with van der Waals surface area (Å²) in [5, 5.41) is 4.15. The summed E-state index contributed by atoms with van der Waals surface area (Å²) in [6.07, 6.45) is 1.62. The summed E-state index contributed by atoms with van der Waals surface area (Å²) in [5.74, 6) is 0.743. The fraction of sp³-hybridized carbons (Fsp3) is 0.200. The maximum absolute atomic E-state index is 5.71. The van der Waals surface area contributed by atoms with Crippen LogP contribution in [0, 0.1) is 6.92 Å². The molecule has 5 nitrogen and oxygen atoms in total. The van der Waals surface area contributed by atoms with Crippen molar-refractivity contribution in [2.24, 2.45) is 5.73 Å². The Labute approximate surface area is 87.7 Å². The first-order valence-corrected chi connectivity index (χ1v) is 4.69. The molecule has 0 aromatic carbocycles. The quantitative estimate of drug-likeness (QED) is 0.749. The molecule has 78 valence electrons. The van der Waals surface area contributed by atoms with Gasteiger partial charge in [-0.25, -0.2) is 9.67 Å². The molecule has 2 aromatic rings. The standard InChI is InChI=1S/C10H13N5/c1-7-9(12)6-13-15(7)10-4-2-3-8(5-11)14-10/h2-4,6H,5,11-12H2,1H3. The van der Waals surface area contributed by atoms with Crippen LogP contribution in [0.25, 0.3) is 5.82 Å². The molecule has 0 radical (unpaired) electrons. The monoisotopic (exact) mass is 203 g/mol. The third-order valence-corrected chi connectivity index (χ3v) is 2.27. The molecule has 0 aliphatic heterocycles. The van der Waals surface area contributed by atoms with E-state index in [-0.39, 0.29) is 0 Å². The minimum Gasteiger partial charge on any atom is -0.396 e. The zero-order chi connectivity index (χ0) is 10.8. The predicted molar refractivity (Wildman–Crippen MR) is 58.4 cm³/mol. The number of hydrogen-bond acceptors (Lipinski definition) is 4. The van der Waals surface area contributed by atoms with Crippen LogP contribution in [0.15, 0.2) is 24.4 Å². The lowest BCUT2D eigenvalue weighted by atomic mass is 10.3. The number of anilines is 1. The van der Waals surface area contributed by atoms with E-state index in [2.05, 4.69) is 10.1 Å².